The Balaban J connectivity index is 2.37. The van der Waals surface area contributed by atoms with Gasteiger partial charge in [0.15, 0.2) is 9.84 Å². The van der Waals surface area contributed by atoms with E-state index in [-0.39, 0.29) is 28.6 Å². The minimum Gasteiger partial charge on any atom is -0.496 e. The van der Waals surface area contributed by atoms with Crippen molar-refractivity contribution < 1.29 is 26.3 Å². The number of sulfone groups is 1. The molecule has 0 aromatic heterocycles. The zero-order valence-electron chi connectivity index (χ0n) is 12.6. The Morgan fingerprint density at radius 1 is 1.18 bits per heavy atom. The third-order valence-corrected chi connectivity index (χ3v) is 6.83. The minimum absolute atomic E-state index is 0.00542. The predicted molar refractivity (Wildman–Crippen MR) is 81.7 cm³/mol. The van der Waals surface area contributed by atoms with Crippen LogP contribution in [0.3, 0.4) is 0 Å². The Bertz CT molecular complexity index is 770. The topological polar surface area (TPSA) is 98.8 Å². The summed E-state index contributed by atoms with van der Waals surface area (Å²) in [5.41, 5.74) is 0.738. The van der Waals surface area contributed by atoms with Crippen molar-refractivity contribution in [2.45, 2.75) is 24.3 Å². The van der Waals surface area contributed by atoms with Gasteiger partial charge in [-0.05, 0) is 25.0 Å². The van der Waals surface area contributed by atoms with Gasteiger partial charge in [-0.2, -0.15) is 0 Å². The predicted octanol–water partition coefficient (Wildman–Crippen LogP) is 0.478. The van der Waals surface area contributed by atoms with E-state index in [9.17, 15) is 16.8 Å². The van der Waals surface area contributed by atoms with Gasteiger partial charge in [0.05, 0.1) is 25.7 Å². The van der Waals surface area contributed by atoms with Gasteiger partial charge in [0, 0.05) is 12.1 Å². The second-order valence-corrected chi connectivity index (χ2v) is 9.11. The molecule has 0 radical (unpaired) electrons. The third kappa shape index (κ3) is 3.53. The van der Waals surface area contributed by atoms with Crippen LogP contribution in [0.1, 0.15) is 12.0 Å². The second-order valence-electron chi connectivity index (χ2n) is 5.19. The largest absolute Gasteiger partial charge is 0.496 e. The molecule has 0 aliphatic carbocycles. The van der Waals surface area contributed by atoms with Crippen LogP contribution in [0, 0.1) is 6.92 Å². The Labute approximate surface area is 130 Å². The molecule has 1 aromatic rings. The number of hydrogen-bond donors (Lipinski definition) is 1. The lowest BCUT2D eigenvalue weighted by Crippen LogP contribution is -2.35. The van der Waals surface area contributed by atoms with Gasteiger partial charge in [-0.1, -0.05) is 0 Å². The molecule has 124 valence electrons. The van der Waals surface area contributed by atoms with Crippen LogP contribution >= 0.6 is 0 Å². The Hall–Kier alpha value is -1.32. The minimum atomic E-state index is -3.91. The fraction of sp³-hybridized carbons (Fsp3) is 0.538. The van der Waals surface area contributed by atoms with Crippen LogP contribution in [0.15, 0.2) is 17.0 Å². The Morgan fingerprint density at radius 3 is 2.32 bits per heavy atom. The zero-order valence-corrected chi connectivity index (χ0v) is 14.3. The van der Waals surface area contributed by atoms with E-state index in [1.807, 2.05) is 0 Å². The summed E-state index contributed by atoms with van der Waals surface area (Å²) in [6.07, 6.45) is 0.271. The summed E-state index contributed by atoms with van der Waals surface area (Å²) in [4.78, 5) is -0.0678. The van der Waals surface area contributed by atoms with Gasteiger partial charge in [-0.15, -0.1) is 0 Å². The fourth-order valence-corrected chi connectivity index (χ4v) is 5.62. The molecule has 0 saturated carbocycles. The van der Waals surface area contributed by atoms with E-state index < -0.39 is 25.9 Å². The Kier molecular flexibility index (Phi) is 4.69. The van der Waals surface area contributed by atoms with Crippen LogP contribution in [0.2, 0.25) is 0 Å². The summed E-state index contributed by atoms with van der Waals surface area (Å²) in [7, 11) is -4.25. The molecule has 1 heterocycles. The van der Waals surface area contributed by atoms with Crippen molar-refractivity contribution in [2.24, 2.45) is 0 Å². The van der Waals surface area contributed by atoms with Gasteiger partial charge in [0.25, 0.3) is 0 Å². The highest BCUT2D eigenvalue weighted by Crippen LogP contribution is 2.32. The van der Waals surface area contributed by atoms with Crippen molar-refractivity contribution in [2.75, 3.05) is 25.7 Å². The zero-order chi connectivity index (χ0) is 16.5. The van der Waals surface area contributed by atoms with Crippen LogP contribution in [0.4, 0.5) is 0 Å². The van der Waals surface area contributed by atoms with E-state index in [0.717, 1.165) is 5.56 Å². The third-order valence-electron chi connectivity index (χ3n) is 3.52. The second kappa shape index (κ2) is 6.05. The summed E-state index contributed by atoms with van der Waals surface area (Å²) in [5.74, 6) is 0.415. The number of aryl methyl sites for hydroxylation is 1. The van der Waals surface area contributed by atoms with E-state index in [1.54, 1.807) is 13.0 Å². The van der Waals surface area contributed by atoms with E-state index in [0.29, 0.717) is 5.75 Å². The van der Waals surface area contributed by atoms with E-state index in [2.05, 4.69) is 4.72 Å². The van der Waals surface area contributed by atoms with Crippen molar-refractivity contribution in [3.05, 3.63) is 17.7 Å². The molecule has 22 heavy (non-hydrogen) atoms. The summed E-state index contributed by atoms with van der Waals surface area (Å²) in [5, 5.41) is 0. The van der Waals surface area contributed by atoms with Crippen LogP contribution in [-0.2, 0) is 19.9 Å². The van der Waals surface area contributed by atoms with Gasteiger partial charge < -0.3 is 9.47 Å². The molecule has 1 N–H and O–H groups in total. The van der Waals surface area contributed by atoms with Gasteiger partial charge in [0.2, 0.25) is 10.0 Å². The van der Waals surface area contributed by atoms with E-state index in [4.69, 9.17) is 9.47 Å². The molecule has 1 saturated heterocycles. The van der Waals surface area contributed by atoms with Crippen LogP contribution in [-0.4, -0.2) is 48.6 Å². The highest BCUT2D eigenvalue weighted by Gasteiger charge is 2.32. The van der Waals surface area contributed by atoms with Crippen LogP contribution < -0.4 is 14.2 Å². The van der Waals surface area contributed by atoms with Crippen molar-refractivity contribution >= 4 is 19.9 Å². The molecule has 1 aromatic carbocycles. The monoisotopic (exact) mass is 349 g/mol. The summed E-state index contributed by atoms with van der Waals surface area (Å²) in [6, 6.07) is 2.32. The maximum atomic E-state index is 12.5. The average Bonchev–Trinajstić information content (AvgIpc) is 2.76. The average molecular weight is 349 g/mol. The molecule has 0 spiro atoms. The molecule has 1 atom stereocenters. The first kappa shape index (κ1) is 17.0. The van der Waals surface area contributed by atoms with Crippen molar-refractivity contribution in [1.82, 2.24) is 4.72 Å². The molecule has 1 fully saturated rings. The summed E-state index contributed by atoms with van der Waals surface area (Å²) < 4.78 is 60.6. The molecule has 9 heteroatoms. The van der Waals surface area contributed by atoms with Gasteiger partial charge in [0.1, 0.15) is 16.4 Å². The number of sulfonamides is 1. The summed E-state index contributed by atoms with van der Waals surface area (Å²) >= 11 is 0. The number of hydrogen-bond acceptors (Lipinski definition) is 6. The first-order valence-corrected chi connectivity index (χ1v) is 9.94. The molecular formula is C13H19NO6S2. The van der Waals surface area contributed by atoms with Gasteiger partial charge in [-0.3, -0.25) is 0 Å². The normalized spacial score (nSPS) is 20.8. The lowest BCUT2D eigenvalue weighted by Gasteiger charge is -2.16. The molecule has 0 bridgehead atoms. The summed E-state index contributed by atoms with van der Waals surface area (Å²) in [6.45, 7) is 1.77. The molecule has 1 aliphatic heterocycles. The van der Waals surface area contributed by atoms with Crippen molar-refractivity contribution in [1.29, 1.82) is 0 Å². The smallest absolute Gasteiger partial charge is 0.244 e. The van der Waals surface area contributed by atoms with E-state index in [1.165, 1.54) is 20.3 Å². The first-order valence-electron chi connectivity index (χ1n) is 6.64. The highest BCUT2D eigenvalue weighted by atomic mass is 32.2. The number of benzene rings is 1. The SMILES string of the molecule is COc1cc(S(=O)(=O)NC2CCS(=O)(=O)C2)c(OC)cc1C. The fourth-order valence-electron chi connectivity index (χ4n) is 2.40. The van der Waals surface area contributed by atoms with Crippen molar-refractivity contribution in [3.63, 3.8) is 0 Å². The standard InChI is InChI=1S/C13H19NO6S2/c1-9-6-12(20-3)13(7-11(9)19-2)22(17,18)14-10-4-5-21(15,16)8-10/h6-7,10,14H,4-5,8H2,1-3H3. The number of methoxy groups -OCH3 is 2. The maximum absolute atomic E-state index is 12.5. The molecule has 2 rings (SSSR count). The lowest BCUT2D eigenvalue weighted by atomic mass is 10.2. The van der Waals surface area contributed by atoms with Gasteiger partial charge >= 0.3 is 0 Å². The van der Waals surface area contributed by atoms with Crippen molar-refractivity contribution in [3.8, 4) is 11.5 Å². The molecule has 0 amide bonds. The molecule has 1 unspecified atom stereocenters. The lowest BCUT2D eigenvalue weighted by molar-refractivity contribution is 0.389. The van der Waals surface area contributed by atoms with Crippen LogP contribution in [0.25, 0.3) is 0 Å². The molecular weight excluding hydrogens is 330 g/mol. The Morgan fingerprint density at radius 2 is 1.82 bits per heavy atom. The first-order chi connectivity index (χ1) is 10.2. The maximum Gasteiger partial charge on any atom is 0.244 e. The molecule has 1 aliphatic rings. The highest BCUT2D eigenvalue weighted by molar-refractivity contribution is 7.92. The van der Waals surface area contributed by atoms with E-state index >= 15 is 0 Å². The van der Waals surface area contributed by atoms with Gasteiger partial charge in [-0.25, -0.2) is 21.6 Å². The number of ether oxygens (including phenoxy) is 2. The molecule has 7 nitrogen and oxygen atoms in total. The quantitative estimate of drug-likeness (QED) is 0.830. The number of rotatable bonds is 5. The van der Waals surface area contributed by atoms with Crippen LogP contribution in [0.5, 0.6) is 11.5 Å². The number of nitrogens with one attached hydrogen (secondary N) is 1.